The Kier molecular flexibility index (Phi) is 11.6. The number of carbonyl (C=O) groups is 2. The third kappa shape index (κ3) is 8.63. The molecule has 45 heavy (non-hydrogen) atoms. The molecule has 1 N–H and O–H groups in total. The second kappa shape index (κ2) is 15.8. The average Bonchev–Trinajstić information content (AvgIpc) is 3.08. The summed E-state index contributed by atoms with van der Waals surface area (Å²) >= 11 is 0. The van der Waals surface area contributed by atoms with E-state index in [-0.39, 0.29) is 23.8 Å². The first-order chi connectivity index (χ1) is 21.8. The lowest BCUT2D eigenvalue weighted by molar-refractivity contribution is -0.140. The summed E-state index contributed by atoms with van der Waals surface area (Å²) in [7, 11) is -1.15. The van der Waals surface area contributed by atoms with Crippen LogP contribution in [-0.4, -0.2) is 58.5 Å². The van der Waals surface area contributed by atoms with E-state index in [0.29, 0.717) is 23.7 Å². The normalized spacial score (nSPS) is 11.7. The minimum Gasteiger partial charge on any atom is -0.497 e. The summed E-state index contributed by atoms with van der Waals surface area (Å²) in [4.78, 5) is 29.7. The molecule has 0 fully saturated rings. The standard InChI is InChI=1S/C35H39N3O6S/c1-4-22-36-35(40)33(24-27-12-7-5-8-13-27)37(25-28-14-11-17-31(23-28)44-3)34(39)26-38(29-15-9-6-10-16-29)45(41,42)32-20-18-30(43-2)19-21-32/h5-21,23,33H,4,22,24-26H2,1-3H3,(H,36,40)/t33-/m1/s1. The number of nitrogens with zero attached hydrogens (tertiary/aromatic N) is 2. The molecule has 0 aromatic heterocycles. The molecule has 0 radical (unpaired) electrons. The summed E-state index contributed by atoms with van der Waals surface area (Å²) in [5.74, 6) is 0.248. The lowest BCUT2D eigenvalue weighted by atomic mass is 10.0. The molecule has 0 aliphatic rings. The van der Waals surface area contributed by atoms with Crippen LogP contribution in [0.2, 0.25) is 0 Å². The third-order valence-electron chi connectivity index (χ3n) is 7.28. The highest BCUT2D eigenvalue weighted by Crippen LogP contribution is 2.26. The SMILES string of the molecule is CCCNC(=O)[C@@H](Cc1ccccc1)N(Cc1cccc(OC)c1)C(=O)CN(c1ccccc1)S(=O)(=O)c1ccc(OC)cc1. The van der Waals surface area contributed by atoms with E-state index in [1.54, 1.807) is 61.7 Å². The number of nitrogens with one attached hydrogen (secondary N) is 1. The number of para-hydroxylation sites is 1. The molecule has 0 aliphatic carbocycles. The highest BCUT2D eigenvalue weighted by molar-refractivity contribution is 7.92. The van der Waals surface area contributed by atoms with E-state index in [4.69, 9.17) is 9.47 Å². The zero-order valence-corrected chi connectivity index (χ0v) is 26.6. The fraction of sp³-hybridized carbons (Fsp3) is 0.257. The summed E-state index contributed by atoms with van der Waals surface area (Å²) in [6.07, 6.45) is 0.957. The van der Waals surface area contributed by atoms with Gasteiger partial charge in [-0.25, -0.2) is 8.42 Å². The number of ether oxygens (including phenoxy) is 2. The van der Waals surface area contributed by atoms with E-state index in [1.807, 2.05) is 49.4 Å². The average molecular weight is 630 g/mol. The molecule has 4 rings (SSSR count). The minimum atomic E-state index is -4.20. The van der Waals surface area contributed by atoms with Gasteiger partial charge in [0.05, 0.1) is 24.8 Å². The molecule has 4 aromatic rings. The van der Waals surface area contributed by atoms with E-state index >= 15 is 0 Å². The largest absolute Gasteiger partial charge is 0.497 e. The zero-order chi connectivity index (χ0) is 32.2. The van der Waals surface area contributed by atoms with Crippen LogP contribution in [0.4, 0.5) is 5.69 Å². The maximum absolute atomic E-state index is 14.5. The molecular formula is C35H39N3O6S. The topological polar surface area (TPSA) is 105 Å². The van der Waals surface area contributed by atoms with Crippen molar-refractivity contribution in [1.82, 2.24) is 10.2 Å². The molecule has 0 heterocycles. The number of rotatable bonds is 15. The molecule has 2 amide bonds. The van der Waals surface area contributed by atoms with Crippen molar-refractivity contribution in [2.45, 2.75) is 37.2 Å². The monoisotopic (exact) mass is 629 g/mol. The quantitative estimate of drug-likeness (QED) is 0.197. The predicted molar refractivity (Wildman–Crippen MR) is 175 cm³/mol. The maximum atomic E-state index is 14.5. The Balaban J connectivity index is 1.78. The smallest absolute Gasteiger partial charge is 0.264 e. The van der Waals surface area contributed by atoms with Gasteiger partial charge in [-0.05, 0) is 66.1 Å². The first kappa shape index (κ1) is 33.1. The maximum Gasteiger partial charge on any atom is 0.264 e. The summed E-state index contributed by atoms with van der Waals surface area (Å²) in [5.41, 5.74) is 1.91. The molecule has 0 bridgehead atoms. The van der Waals surface area contributed by atoms with Crippen LogP contribution in [0, 0.1) is 0 Å². The van der Waals surface area contributed by atoms with E-state index in [9.17, 15) is 18.0 Å². The van der Waals surface area contributed by atoms with Gasteiger partial charge in [-0.15, -0.1) is 0 Å². The fourth-order valence-electron chi connectivity index (χ4n) is 4.89. The lowest BCUT2D eigenvalue weighted by Crippen LogP contribution is -2.53. The molecule has 1 atom stereocenters. The zero-order valence-electron chi connectivity index (χ0n) is 25.8. The Hall–Kier alpha value is -4.83. The summed E-state index contributed by atoms with van der Waals surface area (Å²) in [5, 5.41) is 2.95. The second-order valence-corrected chi connectivity index (χ2v) is 12.3. The first-order valence-corrected chi connectivity index (χ1v) is 16.2. The Bertz CT molecular complexity index is 1650. The molecule has 0 spiro atoms. The lowest BCUT2D eigenvalue weighted by Gasteiger charge is -2.34. The molecule has 0 saturated heterocycles. The molecule has 10 heteroatoms. The van der Waals surface area contributed by atoms with Crippen molar-refractivity contribution in [2.24, 2.45) is 0 Å². The van der Waals surface area contributed by atoms with Crippen molar-refractivity contribution in [2.75, 3.05) is 31.6 Å². The highest BCUT2D eigenvalue weighted by atomic mass is 32.2. The summed E-state index contributed by atoms with van der Waals surface area (Å²) in [6, 6.07) is 30.2. The van der Waals surface area contributed by atoms with Gasteiger partial charge in [-0.2, -0.15) is 0 Å². The van der Waals surface area contributed by atoms with Crippen molar-refractivity contribution < 1.29 is 27.5 Å². The van der Waals surface area contributed by atoms with Crippen molar-refractivity contribution in [3.63, 3.8) is 0 Å². The Morgan fingerprint density at radius 3 is 2.02 bits per heavy atom. The van der Waals surface area contributed by atoms with E-state index in [1.165, 1.54) is 24.1 Å². The van der Waals surface area contributed by atoms with Crippen LogP contribution in [0.5, 0.6) is 11.5 Å². The van der Waals surface area contributed by atoms with Crippen molar-refractivity contribution in [3.05, 3.63) is 120 Å². The first-order valence-electron chi connectivity index (χ1n) is 14.7. The van der Waals surface area contributed by atoms with Crippen LogP contribution in [0.1, 0.15) is 24.5 Å². The number of amides is 2. The van der Waals surface area contributed by atoms with Crippen LogP contribution in [-0.2, 0) is 32.6 Å². The Morgan fingerprint density at radius 2 is 1.40 bits per heavy atom. The number of benzene rings is 4. The van der Waals surface area contributed by atoms with Gasteiger partial charge >= 0.3 is 0 Å². The number of hydrogen-bond donors (Lipinski definition) is 1. The number of methoxy groups -OCH3 is 2. The molecule has 0 saturated carbocycles. The van der Waals surface area contributed by atoms with Crippen LogP contribution in [0.3, 0.4) is 0 Å². The van der Waals surface area contributed by atoms with Crippen LogP contribution in [0.25, 0.3) is 0 Å². The molecule has 4 aromatic carbocycles. The van der Waals surface area contributed by atoms with Gasteiger partial charge in [0.2, 0.25) is 11.8 Å². The summed E-state index contributed by atoms with van der Waals surface area (Å²) in [6.45, 7) is 1.91. The Morgan fingerprint density at radius 1 is 0.778 bits per heavy atom. The fourth-order valence-corrected chi connectivity index (χ4v) is 6.30. The van der Waals surface area contributed by atoms with Crippen molar-refractivity contribution >= 4 is 27.5 Å². The molecular weight excluding hydrogens is 590 g/mol. The van der Waals surface area contributed by atoms with Gasteiger partial charge in [0.1, 0.15) is 24.1 Å². The number of anilines is 1. The number of sulfonamides is 1. The van der Waals surface area contributed by atoms with Crippen LogP contribution in [0.15, 0.2) is 114 Å². The predicted octanol–water partition coefficient (Wildman–Crippen LogP) is 5.07. The number of hydrogen-bond acceptors (Lipinski definition) is 6. The molecule has 0 aliphatic heterocycles. The van der Waals surface area contributed by atoms with Crippen LogP contribution < -0.4 is 19.1 Å². The number of carbonyl (C=O) groups excluding carboxylic acids is 2. The molecule has 9 nitrogen and oxygen atoms in total. The van der Waals surface area contributed by atoms with Gasteiger partial charge in [0.25, 0.3) is 10.0 Å². The molecule has 0 unspecified atom stereocenters. The van der Waals surface area contributed by atoms with E-state index in [0.717, 1.165) is 21.9 Å². The van der Waals surface area contributed by atoms with Gasteiger partial charge < -0.3 is 19.7 Å². The summed E-state index contributed by atoms with van der Waals surface area (Å²) < 4.78 is 39.9. The third-order valence-corrected chi connectivity index (χ3v) is 9.07. The second-order valence-electron chi connectivity index (χ2n) is 10.4. The van der Waals surface area contributed by atoms with Gasteiger partial charge in [-0.3, -0.25) is 13.9 Å². The van der Waals surface area contributed by atoms with Gasteiger partial charge in [0.15, 0.2) is 0 Å². The van der Waals surface area contributed by atoms with Gasteiger partial charge in [0, 0.05) is 19.5 Å². The van der Waals surface area contributed by atoms with E-state index in [2.05, 4.69) is 5.32 Å². The highest BCUT2D eigenvalue weighted by Gasteiger charge is 2.34. The van der Waals surface area contributed by atoms with Gasteiger partial charge in [-0.1, -0.05) is 67.6 Å². The minimum absolute atomic E-state index is 0.000762. The van der Waals surface area contributed by atoms with E-state index < -0.39 is 28.5 Å². The Labute approximate surface area is 265 Å². The van der Waals surface area contributed by atoms with Crippen molar-refractivity contribution in [1.29, 1.82) is 0 Å². The molecule has 236 valence electrons. The van der Waals surface area contributed by atoms with Crippen LogP contribution >= 0.6 is 0 Å². The van der Waals surface area contributed by atoms with Crippen molar-refractivity contribution in [3.8, 4) is 11.5 Å².